The fraction of sp³-hybridized carbons (Fsp3) is 0.292. The van der Waals surface area contributed by atoms with E-state index in [0.29, 0.717) is 16.4 Å². The van der Waals surface area contributed by atoms with Crippen molar-refractivity contribution in [2.24, 2.45) is 0 Å². The number of rotatable bonds is 8. The van der Waals surface area contributed by atoms with Crippen molar-refractivity contribution in [3.05, 3.63) is 65.4 Å². The van der Waals surface area contributed by atoms with Crippen LogP contribution in [0.15, 0.2) is 48.5 Å². The van der Waals surface area contributed by atoms with Crippen LogP contribution in [-0.2, 0) is 6.54 Å². The number of aromatic carboxylic acids is 1. The molecule has 0 unspecified atom stereocenters. The van der Waals surface area contributed by atoms with Gasteiger partial charge in [0.05, 0.1) is 7.11 Å². The highest BCUT2D eigenvalue weighted by Gasteiger charge is 2.20. The zero-order valence-electron chi connectivity index (χ0n) is 19.1. The smallest absolute Gasteiger partial charge is 0.357 e. The van der Waals surface area contributed by atoms with Crippen LogP contribution in [0, 0.1) is 0 Å². The summed E-state index contributed by atoms with van der Waals surface area (Å²) in [4.78, 5) is 33.3. The van der Waals surface area contributed by atoms with Gasteiger partial charge in [-0.2, -0.15) is 0 Å². The number of amides is 1. The summed E-state index contributed by atoms with van der Waals surface area (Å²) in [6.45, 7) is 4.99. The molecule has 178 valence electrons. The Balaban J connectivity index is 1.41. The Morgan fingerprint density at radius 1 is 1.06 bits per heavy atom. The van der Waals surface area contributed by atoms with Crippen LogP contribution in [0.5, 0.6) is 5.75 Å². The first kappa shape index (κ1) is 23.7. The van der Waals surface area contributed by atoms with E-state index in [-0.39, 0.29) is 16.6 Å². The lowest BCUT2D eigenvalue weighted by Gasteiger charge is -2.32. The second-order valence-electron chi connectivity index (χ2n) is 8.09. The summed E-state index contributed by atoms with van der Waals surface area (Å²) < 4.78 is 5.14. The maximum Gasteiger partial charge on any atom is 0.357 e. The number of aromatic nitrogens is 1. The monoisotopic (exact) mass is 481 g/mol. The van der Waals surface area contributed by atoms with Gasteiger partial charge in [-0.1, -0.05) is 23.5 Å². The molecule has 2 heterocycles. The molecule has 0 atom stereocenters. The van der Waals surface area contributed by atoms with E-state index < -0.39 is 5.97 Å². The summed E-state index contributed by atoms with van der Waals surface area (Å²) in [6, 6.07) is 14.6. The molecule has 0 aliphatic carbocycles. The number of carboxylic acid groups (broad SMARTS) is 1. The predicted molar refractivity (Wildman–Crippen MR) is 133 cm³/mol. The van der Waals surface area contributed by atoms with Crippen molar-refractivity contribution < 1.29 is 19.4 Å². The highest BCUT2D eigenvalue weighted by atomic mass is 32.1. The van der Waals surface area contributed by atoms with Crippen molar-refractivity contribution in [3.8, 4) is 5.75 Å². The maximum atomic E-state index is 12.8. The van der Waals surface area contributed by atoms with Gasteiger partial charge >= 0.3 is 5.97 Å². The lowest BCUT2D eigenvalue weighted by molar-refractivity contribution is 0.0692. The minimum atomic E-state index is -1.21. The number of benzene rings is 2. The summed E-state index contributed by atoms with van der Waals surface area (Å²) in [5.74, 6) is -0.886. The van der Waals surface area contributed by atoms with Crippen LogP contribution < -0.4 is 15.4 Å². The Morgan fingerprint density at radius 3 is 2.35 bits per heavy atom. The molecule has 0 bridgehead atoms. The van der Waals surface area contributed by atoms with Gasteiger partial charge in [0.25, 0.3) is 5.91 Å². The molecule has 1 fully saturated rings. The SMILES string of the molecule is COc1ccc(Nc2nc(C(=O)O)c(NC(=O)c3ccc(CN4CCN(C)CC4)cc3)s2)cc1. The Bertz CT molecular complexity index is 1140. The molecule has 4 rings (SSSR count). The van der Waals surface area contributed by atoms with Gasteiger partial charge in [-0.3, -0.25) is 9.69 Å². The van der Waals surface area contributed by atoms with Crippen molar-refractivity contribution in [1.29, 1.82) is 0 Å². The number of piperazine rings is 1. The van der Waals surface area contributed by atoms with Crippen molar-refractivity contribution in [2.75, 3.05) is 51.0 Å². The summed E-state index contributed by atoms with van der Waals surface area (Å²) in [5.41, 5.74) is 2.11. The first-order valence-corrected chi connectivity index (χ1v) is 11.7. The van der Waals surface area contributed by atoms with E-state index in [0.717, 1.165) is 55.3 Å². The minimum absolute atomic E-state index is 0.176. The minimum Gasteiger partial charge on any atom is -0.497 e. The van der Waals surface area contributed by atoms with Crippen LogP contribution in [0.25, 0.3) is 0 Å². The van der Waals surface area contributed by atoms with E-state index in [1.165, 1.54) is 0 Å². The summed E-state index contributed by atoms with van der Waals surface area (Å²) in [7, 11) is 3.71. The number of carbonyl (C=O) groups is 2. The number of nitrogens with zero attached hydrogens (tertiary/aromatic N) is 3. The third kappa shape index (κ3) is 5.90. The van der Waals surface area contributed by atoms with Gasteiger partial charge in [0.1, 0.15) is 10.8 Å². The number of thiazole rings is 1. The quantitative estimate of drug-likeness (QED) is 0.448. The first-order chi connectivity index (χ1) is 16.4. The van der Waals surface area contributed by atoms with Crippen LogP contribution in [-0.4, -0.2) is 72.1 Å². The van der Waals surface area contributed by atoms with E-state index >= 15 is 0 Å². The van der Waals surface area contributed by atoms with Gasteiger partial charge in [-0.25, -0.2) is 9.78 Å². The van der Waals surface area contributed by atoms with Crippen LogP contribution in [0.4, 0.5) is 15.8 Å². The molecule has 1 amide bonds. The zero-order valence-corrected chi connectivity index (χ0v) is 19.9. The molecule has 3 N–H and O–H groups in total. The fourth-order valence-corrected chi connectivity index (χ4v) is 4.47. The van der Waals surface area contributed by atoms with Gasteiger partial charge in [0.2, 0.25) is 0 Å². The van der Waals surface area contributed by atoms with Gasteiger partial charge in [0, 0.05) is 44.0 Å². The molecule has 2 aromatic carbocycles. The lowest BCUT2D eigenvalue weighted by Crippen LogP contribution is -2.43. The highest BCUT2D eigenvalue weighted by Crippen LogP contribution is 2.31. The summed E-state index contributed by atoms with van der Waals surface area (Å²) in [6.07, 6.45) is 0. The molecule has 3 aromatic rings. The molecule has 9 nitrogen and oxygen atoms in total. The second-order valence-corrected chi connectivity index (χ2v) is 9.08. The standard InChI is InChI=1S/C24H27N5O4S/c1-28-11-13-29(14-12-28)15-16-3-5-17(6-4-16)21(30)27-22-20(23(31)32)26-24(34-22)25-18-7-9-19(33-2)10-8-18/h3-10H,11-15H2,1-2H3,(H,25,26)(H,27,30)(H,31,32). The third-order valence-corrected chi connectivity index (χ3v) is 6.50. The number of anilines is 3. The molecular weight excluding hydrogens is 454 g/mol. The van der Waals surface area contributed by atoms with Crippen molar-refractivity contribution in [3.63, 3.8) is 0 Å². The molecule has 1 saturated heterocycles. The van der Waals surface area contributed by atoms with Crippen LogP contribution in [0.1, 0.15) is 26.4 Å². The van der Waals surface area contributed by atoms with Crippen molar-refractivity contribution >= 4 is 39.0 Å². The average molecular weight is 482 g/mol. The van der Waals surface area contributed by atoms with Crippen LogP contribution in [0.3, 0.4) is 0 Å². The molecule has 34 heavy (non-hydrogen) atoms. The Labute approximate surface area is 202 Å². The molecular formula is C24H27N5O4S. The number of methoxy groups -OCH3 is 1. The Morgan fingerprint density at radius 2 is 1.74 bits per heavy atom. The third-order valence-electron chi connectivity index (χ3n) is 5.62. The molecule has 1 aliphatic heterocycles. The van der Waals surface area contributed by atoms with Crippen LogP contribution in [0.2, 0.25) is 0 Å². The van der Waals surface area contributed by atoms with E-state index in [2.05, 4.69) is 32.5 Å². The number of nitrogens with one attached hydrogen (secondary N) is 2. The lowest BCUT2D eigenvalue weighted by atomic mass is 10.1. The van der Waals surface area contributed by atoms with E-state index in [1.54, 1.807) is 43.5 Å². The number of likely N-dealkylation sites (N-methyl/N-ethyl adjacent to an activating group) is 1. The first-order valence-electron chi connectivity index (χ1n) is 10.9. The second kappa shape index (κ2) is 10.6. The zero-order chi connectivity index (χ0) is 24.1. The summed E-state index contributed by atoms with van der Waals surface area (Å²) in [5, 5.41) is 15.8. The molecule has 1 aromatic heterocycles. The molecule has 0 saturated carbocycles. The fourth-order valence-electron chi connectivity index (χ4n) is 3.60. The highest BCUT2D eigenvalue weighted by molar-refractivity contribution is 7.20. The number of carboxylic acids is 1. The van der Waals surface area contributed by atoms with Gasteiger partial charge < -0.3 is 25.4 Å². The van der Waals surface area contributed by atoms with Gasteiger partial charge in [-0.15, -0.1) is 0 Å². The van der Waals surface area contributed by atoms with Gasteiger partial charge in [-0.05, 0) is 49.0 Å². The maximum absolute atomic E-state index is 12.8. The summed E-state index contributed by atoms with van der Waals surface area (Å²) >= 11 is 1.07. The predicted octanol–water partition coefficient (Wildman–Crippen LogP) is 3.59. The Hall–Kier alpha value is -3.47. The van der Waals surface area contributed by atoms with E-state index in [4.69, 9.17) is 4.74 Å². The van der Waals surface area contributed by atoms with E-state index in [1.807, 2.05) is 12.1 Å². The Kier molecular flexibility index (Phi) is 7.41. The molecule has 0 spiro atoms. The van der Waals surface area contributed by atoms with E-state index in [9.17, 15) is 14.7 Å². The normalized spacial score (nSPS) is 14.5. The topological polar surface area (TPSA) is 107 Å². The molecule has 10 heteroatoms. The largest absolute Gasteiger partial charge is 0.497 e. The molecule has 0 radical (unpaired) electrons. The number of carbonyl (C=O) groups excluding carboxylic acids is 1. The van der Waals surface area contributed by atoms with Crippen LogP contribution >= 0.6 is 11.3 Å². The number of hydrogen-bond acceptors (Lipinski definition) is 8. The number of ether oxygens (including phenoxy) is 1. The molecule has 1 aliphatic rings. The van der Waals surface area contributed by atoms with Crippen molar-refractivity contribution in [1.82, 2.24) is 14.8 Å². The average Bonchev–Trinajstić information content (AvgIpc) is 3.24. The van der Waals surface area contributed by atoms with Crippen molar-refractivity contribution in [2.45, 2.75) is 6.54 Å². The van der Waals surface area contributed by atoms with Gasteiger partial charge in [0.15, 0.2) is 10.8 Å². The number of hydrogen-bond donors (Lipinski definition) is 3.